The van der Waals surface area contributed by atoms with Crippen molar-refractivity contribution in [3.63, 3.8) is 0 Å². The zero-order valence-electron chi connectivity index (χ0n) is 16.5. The van der Waals surface area contributed by atoms with Crippen molar-refractivity contribution < 1.29 is 13.2 Å². The molecule has 7 nitrogen and oxygen atoms in total. The summed E-state index contributed by atoms with van der Waals surface area (Å²) in [5.74, 6) is -0.977. The number of anilines is 2. The van der Waals surface area contributed by atoms with Crippen LogP contribution in [0.4, 0.5) is 24.3 Å². The lowest BCUT2D eigenvalue weighted by Crippen LogP contribution is -2.39. The fourth-order valence-electron chi connectivity index (χ4n) is 3.73. The van der Waals surface area contributed by atoms with Gasteiger partial charge < -0.3 is 10.2 Å². The molecule has 3 aromatic heterocycles. The van der Waals surface area contributed by atoms with Crippen molar-refractivity contribution in [2.45, 2.75) is 25.8 Å². The minimum Gasteiger partial charge on any atom is -0.350 e. The molecule has 1 fully saturated rings. The normalized spacial score (nSPS) is 15.0. The molecule has 31 heavy (non-hydrogen) atoms. The number of nitrogens with zero attached hydrogens (tertiary/aromatic N) is 6. The third kappa shape index (κ3) is 3.92. The molecule has 1 aromatic carbocycles. The van der Waals surface area contributed by atoms with Crippen LogP contribution in [-0.2, 0) is 0 Å². The molecule has 0 spiro atoms. The zero-order valence-corrected chi connectivity index (χ0v) is 17.3. The van der Waals surface area contributed by atoms with Gasteiger partial charge in [0.05, 0.1) is 6.20 Å². The smallest absolute Gasteiger partial charge is 0.243 e. The maximum Gasteiger partial charge on any atom is 0.243 e. The molecule has 0 unspecified atom stereocenters. The predicted octanol–water partition coefficient (Wildman–Crippen LogP) is 4.05. The number of nitrogens with one attached hydrogen (secondary N) is 1. The fourth-order valence-corrected chi connectivity index (χ4v) is 4.46. The first-order valence-corrected chi connectivity index (χ1v) is 10.6. The van der Waals surface area contributed by atoms with E-state index in [1.54, 1.807) is 0 Å². The molecule has 0 radical (unpaired) electrons. The lowest BCUT2D eigenvalue weighted by Gasteiger charge is -2.31. The van der Waals surface area contributed by atoms with Gasteiger partial charge in [-0.25, -0.2) is 22.7 Å². The van der Waals surface area contributed by atoms with Crippen LogP contribution in [-0.4, -0.2) is 43.1 Å². The van der Waals surface area contributed by atoms with E-state index in [0.29, 0.717) is 5.95 Å². The highest BCUT2D eigenvalue weighted by Crippen LogP contribution is 2.29. The summed E-state index contributed by atoms with van der Waals surface area (Å²) in [5.41, 5.74) is 0.557. The van der Waals surface area contributed by atoms with Gasteiger partial charge in [0.15, 0.2) is 5.65 Å². The molecule has 0 aliphatic carbocycles. The predicted molar refractivity (Wildman–Crippen MR) is 112 cm³/mol. The molecular weight excluding hydrogens is 427 g/mol. The Kier molecular flexibility index (Phi) is 4.97. The van der Waals surface area contributed by atoms with Gasteiger partial charge in [-0.05, 0) is 38.0 Å². The maximum atomic E-state index is 14.3. The second-order valence-electron chi connectivity index (χ2n) is 7.43. The molecule has 11 heteroatoms. The number of piperidine rings is 1. The summed E-state index contributed by atoms with van der Waals surface area (Å²) in [5, 5.41) is 8.52. The number of aromatic nitrogens is 5. The number of hydrogen-bond acceptors (Lipinski definition) is 7. The van der Waals surface area contributed by atoms with E-state index in [-0.39, 0.29) is 22.8 Å². The molecule has 0 atom stereocenters. The quantitative estimate of drug-likeness (QED) is 0.511. The van der Waals surface area contributed by atoms with Gasteiger partial charge in [0.1, 0.15) is 23.3 Å². The molecule has 1 aliphatic heterocycles. The van der Waals surface area contributed by atoms with Gasteiger partial charge >= 0.3 is 0 Å². The Bertz CT molecular complexity index is 1250. The second kappa shape index (κ2) is 7.80. The molecule has 5 rings (SSSR count). The summed E-state index contributed by atoms with van der Waals surface area (Å²) in [7, 11) is 0. The van der Waals surface area contributed by atoms with E-state index in [4.69, 9.17) is 0 Å². The molecule has 1 saturated heterocycles. The SMILES string of the molecule is Cc1nsc(N2CCC(Nc3nc4c(-c5ccc(F)cc5F)cc(F)cn4n3)CC2)n1. The average molecular weight is 445 g/mol. The number of aryl methyl sites for hydroxylation is 1. The van der Waals surface area contributed by atoms with Crippen LogP contribution in [0.15, 0.2) is 30.5 Å². The standard InChI is InChI=1S/C20H18F3N7S/c1-11-24-20(31-28-11)29-6-4-14(5-7-29)25-19-26-18-16(8-13(22)10-30(18)27-19)15-3-2-12(21)9-17(15)23/h2-3,8-10,14H,4-7H2,1H3,(H,25,27). The molecule has 4 aromatic rings. The molecule has 0 amide bonds. The number of pyridine rings is 1. The van der Waals surface area contributed by atoms with Gasteiger partial charge in [-0.1, -0.05) is 0 Å². The van der Waals surface area contributed by atoms with Crippen LogP contribution in [0.25, 0.3) is 16.8 Å². The first-order chi connectivity index (χ1) is 15.0. The van der Waals surface area contributed by atoms with Gasteiger partial charge in [-0.2, -0.15) is 9.36 Å². The highest BCUT2D eigenvalue weighted by Gasteiger charge is 2.23. The van der Waals surface area contributed by atoms with E-state index in [1.165, 1.54) is 34.4 Å². The van der Waals surface area contributed by atoms with Crippen molar-refractivity contribution in [1.29, 1.82) is 0 Å². The van der Waals surface area contributed by atoms with Crippen LogP contribution in [0.3, 0.4) is 0 Å². The third-order valence-electron chi connectivity index (χ3n) is 5.24. The number of benzene rings is 1. The largest absolute Gasteiger partial charge is 0.350 e. The van der Waals surface area contributed by atoms with Gasteiger partial charge in [-0.3, -0.25) is 0 Å². The Hall–Kier alpha value is -3.21. The lowest BCUT2D eigenvalue weighted by atomic mass is 10.1. The van der Waals surface area contributed by atoms with Crippen LogP contribution in [0.5, 0.6) is 0 Å². The first kappa shape index (κ1) is 19.7. The number of rotatable bonds is 4. The number of hydrogen-bond donors (Lipinski definition) is 1. The molecular formula is C20H18F3N7S. The summed E-state index contributed by atoms with van der Waals surface area (Å²) in [6.07, 6.45) is 2.88. The lowest BCUT2D eigenvalue weighted by molar-refractivity contribution is 0.523. The highest BCUT2D eigenvalue weighted by atomic mass is 32.1. The Morgan fingerprint density at radius 2 is 1.84 bits per heavy atom. The topological polar surface area (TPSA) is 71.2 Å². The summed E-state index contributed by atoms with van der Waals surface area (Å²) >= 11 is 1.39. The van der Waals surface area contributed by atoms with Crippen LogP contribution in [0, 0.1) is 24.4 Å². The van der Waals surface area contributed by atoms with Gasteiger partial charge in [0, 0.05) is 47.9 Å². The summed E-state index contributed by atoms with van der Waals surface area (Å²) in [4.78, 5) is 11.1. The molecule has 0 bridgehead atoms. The summed E-state index contributed by atoms with van der Waals surface area (Å²) in [6.45, 7) is 3.51. The fraction of sp³-hybridized carbons (Fsp3) is 0.300. The zero-order chi connectivity index (χ0) is 21.5. The van der Waals surface area contributed by atoms with Gasteiger partial charge in [0.2, 0.25) is 11.1 Å². The minimum absolute atomic E-state index is 0.0607. The van der Waals surface area contributed by atoms with Crippen LogP contribution < -0.4 is 10.2 Å². The molecule has 4 heterocycles. The summed E-state index contributed by atoms with van der Waals surface area (Å²) < 4.78 is 47.2. The second-order valence-corrected chi connectivity index (χ2v) is 8.16. The van der Waals surface area contributed by atoms with E-state index >= 15 is 0 Å². The molecule has 0 saturated carbocycles. The van der Waals surface area contributed by atoms with E-state index in [2.05, 4.69) is 29.7 Å². The average Bonchev–Trinajstić information content (AvgIpc) is 3.34. The molecule has 160 valence electrons. The van der Waals surface area contributed by atoms with Crippen molar-refractivity contribution in [2.24, 2.45) is 0 Å². The van der Waals surface area contributed by atoms with Crippen molar-refractivity contribution in [3.8, 4) is 11.1 Å². The van der Waals surface area contributed by atoms with Crippen molar-refractivity contribution in [2.75, 3.05) is 23.3 Å². The first-order valence-electron chi connectivity index (χ1n) is 9.79. The Morgan fingerprint density at radius 1 is 1.03 bits per heavy atom. The van der Waals surface area contributed by atoms with E-state index < -0.39 is 17.5 Å². The van der Waals surface area contributed by atoms with Gasteiger partial charge in [-0.15, -0.1) is 5.10 Å². The van der Waals surface area contributed by atoms with Crippen molar-refractivity contribution in [1.82, 2.24) is 24.0 Å². The van der Waals surface area contributed by atoms with Crippen LogP contribution in [0.2, 0.25) is 0 Å². The maximum absolute atomic E-state index is 14.3. The number of halogens is 3. The monoisotopic (exact) mass is 445 g/mol. The third-order valence-corrected chi connectivity index (χ3v) is 6.11. The van der Waals surface area contributed by atoms with E-state index in [0.717, 1.165) is 49.0 Å². The molecule has 1 aliphatic rings. The minimum atomic E-state index is -0.788. The number of fused-ring (bicyclic) bond motifs is 1. The van der Waals surface area contributed by atoms with Crippen molar-refractivity contribution >= 4 is 28.3 Å². The van der Waals surface area contributed by atoms with Gasteiger partial charge in [0.25, 0.3) is 0 Å². The van der Waals surface area contributed by atoms with Crippen LogP contribution >= 0.6 is 11.5 Å². The van der Waals surface area contributed by atoms with E-state index in [1.807, 2.05) is 6.92 Å². The molecule has 1 N–H and O–H groups in total. The Balaban J connectivity index is 1.37. The Labute approximate surface area is 179 Å². The van der Waals surface area contributed by atoms with E-state index in [9.17, 15) is 13.2 Å². The summed E-state index contributed by atoms with van der Waals surface area (Å²) in [6, 6.07) is 4.47. The van der Waals surface area contributed by atoms with Crippen LogP contribution in [0.1, 0.15) is 18.7 Å². The van der Waals surface area contributed by atoms with Crippen molar-refractivity contribution in [3.05, 3.63) is 53.7 Å². The highest BCUT2D eigenvalue weighted by molar-refractivity contribution is 7.09. The Morgan fingerprint density at radius 3 is 2.55 bits per heavy atom.